The van der Waals surface area contributed by atoms with Crippen molar-refractivity contribution >= 4 is 11.6 Å². The predicted octanol–water partition coefficient (Wildman–Crippen LogP) is 2.85. The van der Waals surface area contributed by atoms with Crippen molar-refractivity contribution in [3.05, 3.63) is 41.2 Å². The lowest BCUT2D eigenvalue weighted by atomic mass is 9.65. The number of hydrogen-bond acceptors (Lipinski definition) is 2. The van der Waals surface area contributed by atoms with Gasteiger partial charge in [0.05, 0.1) is 16.8 Å². The Balaban J connectivity index is 2.45. The normalized spacial score (nSPS) is 18.4. The molecule has 0 spiro atoms. The highest BCUT2D eigenvalue weighted by Crippen LogP contribution is 2.47. The summed E-state index contributed by atoms with van der Waals surface area (Å²) in [7, 11) is 0. The Morgan fingerprint density at radius 2 is 2.29 bits per heavy atom. The maximum atomic E-state index is 9.14. The third-order valence-corrected chi connectivity index (χ3v) is 2.83. The molecule has 2 nitrogen and oxygen atoms in total. The highest BCUT2D eigenvalue weighted by atomic mass is 35.5. The molecule has 0 unspecified atom stereocenters. The van der Waals surface area contributed by atoms with Crippen LogP contribution in [-0.4, -0.2) is 4.98 Å². The highest BCUT2D eigenvalue weighted by molar-refractivity contribution is 6.31. The molecule has 1 fully saturated rings. The molecular weight excluding hydrogens is 196 g/mol. The second-order valence-electron chi connectivity index (χ2n) is 3.63. The van der Waals surface area contributed by atoms with Crippen LogP contribution < -0.4 is 0 Å². The van der Waals surface area contributed by atoms with E-state index in [1.807, 2.05) is 0 Å². The highest BCUT2D eigenvalue weighted by Gasteiger charge is 2.44. The molecule has 0 N–H and O–H groups in total. The average Bonchev–Trinajstić information content (AvgIpc) is 2.14. The Labute approximate surface area is 87.8 Å². The smallest absolute Gasteiger partial charge is 0.108 e. The zero-order valence-corrected chi connectivity index (χ0v) is 8.38. The minimum absolute atomic E-state index is 0.518. The largest absolute Gasteiger partial charge is 0.258 e. The molecule has 1 aliphatic rings. The van der Waals surface area contributed by atoms with Gasteiger partial charge in [-0.1, -0.05) is 23.8 Å². The van der Waals surface area contributed by atoms with Gasteiger partial charge in [-0.25, -0.2) is 0 Å². The first-order valence-electron chi connectivity index (χ1n) is 4.37. The summed E-state index contributed by atoms with van der Waals surface area (Å²) in [4.78, 5) is 4.18. The molecule has 14 heavy (non-hydrogen) atoms. The summed E-state index contributed by atoms with van der Waals surface area (Å²) < 4.78 is 0. The minimum atomic E-state index is -0.518. The number of pyridine rings is 1. The van der Waals surface area contributed by atoms with Crippen LogP contribution in [0.25, 0.3) is 0 Å². The van der Waals surface area contributed by atoms with Crippen molar-refractivity contribution in [1.29, 1.82) is 5.26 Å². The van der Waals surface area contributed by atoms with Crippen LogP contribution in [0.2, 0.25) is 5.02 Å². The molecule has 0 aromatic carbocycles. The van der Waals surface area contributed by atoms with Crippen LogP contribution in [0, 0.1) is 11.3 Å². The van der Waals surface area contributed by atoms with E-state index >= 15 is 0 Å². The quantitative estimate of drug-likeness (QED) is 0.660. The summed E-state index contributed by atoms with van der Waals surface area (Å²) >= 11 is 6.00. The topological polar surface area (TPSA) is 36.7 Å². The molecule has 0 amide bonds. The zero-order valence-electron chi connectivity index (χ0n) is 7.63. The Kier molecular flexibility index (Phi) is 2.05. The van der Waals surface area contributed by atoms with E-state index in [-0.39, 0.29) is 0 Å². The maximum Gasteiger partial charge on any atom is 0.108 e. The first-order valence-corrected chi connectivity index (χ1v) is 4.75. The SMILES string of the molecule is C=C1CC(C#N)(c2ncccc2Cl)C1. The average molecular weight is 205 g/mol. The molecule has 1 aromatic rings. The second-order valence-corrected chi connectivity index (χ2v) is 4.04. The Hall–Kier alpha value is -1.33. The summed E-state index contributed by atoms with van der Waals surface area (Å²) in [5.41, 5.74) is 1.26. The van der Waals surface area contributed by atoms with Gasteiger partial charge in [0, 0.05) is 6.20 Å². The molecule has 0 bridgehead atoms. The number of nitriles is 1. The molecule has 70 valence electrons. The lowest BCUT2D eigenvalue weighted by molar-refractivity contribution is 0.422. The summed E-state index contributed by atoms with van der Waals surface area (Å²) in [6.45, 7) is 3.84. The summed E-state index contributed by atoms with van der Waals surface area (Å²) in [6.07, 6.45) is 3.03. The van der Waals surface area contributed by atoms with Gasteiger partial charge < -0.3 is 0 Å². The Bertz CT molecular complexity index is 423. The predicted molar refractivity (Wildman–Crippen MR) is 54.9 cm³/mol. The van der Waals surface area contributed by atoms with E-state index < -0.39 is 5.41 Å². The summed E-state index contributed by atoms with van der Waals surface area (Å²) in [6, 6.07) is 5.83. The third kappa shape index (κ3) is 1.21. The molecule has 0 aliphatic heterocycles. The van der Waals surface area contributed by atoms with Crippen LogP contribution in [0.1, 0.15) is 18.5 Å². The monoisotopic (exact) mass is 204 g/mol. The molecule has 1 heterocycles. The standard InChI is InChI=1S/C11H9ClN2/c1-8-5-11(6-8,7-13)10-9(12)3-2-4-14-10/h2-4H,1,5-6H2. The van der Waals surface area contributed by atoms with E-state index in [1.54, 1.807) is 18.3 Å². The van der Waals surface area contributed by atoms with Gasteiger partial charge in [0.2, 0.25) is 0 Å². The van der Waals surface area contributed by atoms with Crippen LogP contribution in [0.15, 0.2) is 30.5 Å². The van der Waals surface area contributed by atoms with Crippen LogP contribution >= 0.6 is 11.6 Å². The number of nitrogens with zero attached hydrogens (tertiary/aromatic N) is 2. The van der Waals surface area contributed by atoms with E-state index in [9.17, 15) is 0 Å². The van der Waals surface area contributed by atoms with E-state index in [1.165, 1.54) is 0 Å². The van der Waals surface area contributed by atoms with Crippen molar-refractivity contribution in [3.63, 3.8) is 0 Å². The summed E-state index contributed by atoms with van der Waals surface area (Å²) in [5, 5.41) is 9.71. The van der Waals surface area contributed by atoms with Gasteiger partial charge in [-0.2, -0.15) is 5.26 Å². The van der Waals surface area contributed by atoms with Gasteiger partial charge in [-0.15, -0.1) is 0 Å². The first kappa shape index (κ1) is 9.23. The first-order chi connectivity index (χ1) is 6.68. The Morgan fingerprint density at radius 3 is 2.79 bits per heavy atom. The fourth-order valence-electron chi connectivity index (χ4n) is 1.84. The van der Waals surface area contributed by atoms with Crippen molar-refractivity contribution in [3.8, 4) is 6.07 Å². The van der Waals surface area contributed by atoms with Crippen LogP contribution in [0.4, 0.5) is 0 Å². The van der Waals surface area contributed by atoms with E-state index in [0.29, 0.717) is 23.6 Å². The lowest BCUT2D eigenvalue weighted by Crippen LogP contribution is -2.35. The summed E-state index contributed by atoms with van der Waals surface area (Å²) in [5.74, 6) is 0. The van der Waals surface area contributed by atoms with Gasteiger partial charge >= 0.3 is 0 Å². The fraction of sp³-hybridized carbons (Fsp3) is 0.273. The van der Waals surface area contributed by atoms with Gasteiger partial charge in [-0.3, -0.25) is 4.98 Å². The zero-order chi connectivity index (χ0) is 10.2. The number of aromatic nitrogens is 1. The Morgan fingerprint density at radius 1 is 1.57 bits per heavy atom. The molecule has 2 rings (SSSR count). The van der Waals surface area contributed by atoms with Crippen LogP contribution in [0.5, 0.6) is 0 Å². The van der Waals surface area contributed by atoms with Crippen molar-refractivity contribution in [2.75, 3.05) is 0 Å². The third-order valence-electron chi connectivity index (χ3n) is 2.53. The van der Waals surface area contributed by atoms with Crippen molar-refractivity contribution < 1.29 is 0 Å². The van der Waals surface area contributed by atoms with Gasteiger partial charge in [0.15, 0.2) is 0 Å². The number of hydrogen-bond donors (Lipinski definition) is 0. The lowest BCUT2D eigenvalue weighted by Gasteiger charge is -2.37. The van der Waals surface area contributed by atoms with Crippen molar-refractivity contribution in [2.45, 2.75) is 18.3 Å². The van der Waals surface area contributed by atoms with Crippen LogP contribution in [0.3, 0.4) is 0 Å². The van der Waals surface area contributed by atoms with Gasteiger partial charge in [0.1, 0.15) is 5.41 Å². The second kappa shape index (κ2) is 3.11. The number of allylic oxidation sites excluding steroid dienone is 1. The fourth-order valence-corrected chi connectivity index (χ4v) is 2.14. The molecular formula is C11H9ClN2. The van der Waals surface area contributed by atoms with E-state index in [0.717, 1.165) is 5.57 Å². The van der Waals surface area contributed by atoms with E-state index in [2.05, 4.69) is 17.6 Å². The molecule has 0 saturated heterocycles. The van der Waals surface area contributed by atoms with Crippen LogP contribution in [-0.2, 0) is 5.41 Å². The maximum absolute atomic E-state index is 9.14. The number of halogens is 1. The molecule has 0 radical (unpaired) electrons. The van der Waals surface area contributed by atoms with Crippen molar-refractivity contribution in [1.82, 2.24) is 4.98 Å². The molecule has 1 aromatic heterocycles. The minimum Gasteiger partial charge on any atom is -0.258 e. The number of rotatable bonds is 1. The molecule has 1 saturated carbocycles. The molecule has 0 atom stereocenters. The van der Waals surface area contributed by atoms with Gasteiger partial charge in [-0.05, 0) is 25.0 Å². The molecule has 3 heteroatoms. The van der Waals surface area contributed by atoms with Crippen molar-refractivity contribution in [2.24, 2.45) is 0 Å². The van der Waals surface area contributed by atoms with E-state index in [4.69, 9.17) is 16.9 Å². The molecule has 1 aliphatic carbocycles. The van der Waals surface area contributed by atoms with Gasteiger partial charge in [0.25, 0.3) is 0 Å².